The van der Waals surface area contributed by atoms with E-state index in [-0.39, 0.29) is 43.3 Å². The normalized spacial score (nSPS) is 20.9. The summed E-state index contributed by atoms with van der Waals surface area (Å²) in [5.41, 5.74) is 1.50. The number of piperazine rings is 1. The Bertz CT molecular complexity index is 1110. The minimum absolute atomic E-state index is 0.0227. The van der Waals surface area contributed by atoms with Crippen molar-refractivity contribution in [2.24, 2.45) is 5.92 Å². The number of carbonyl (C=O) groups is 3. The summed E-state index contributed by atoms with van der Waals surface area (Å²) >= 11 is 0. The Morgan fingerprint density at radius 1 is 1.08 bits per heavy atom. The lowest BCUT2D eigenvalue weighted by atomic mass is 9.95. The van der Waals surface area contributed by atoms with Crippen molar-refractivity contribution in [1.29, 1.82) is 0 Å². The molecule has 2 aliphatic rings. The second kappa shape index (κ2) is 12.4. The molecule has 0 spiro atoms. The number of urea groups is 1. The van der Waals surface area contributed by atoms with Crippen molar-refractivity contribution in [3.8, 4) is 0 Å². The molecule has 2 aromatic carbocycles. The van der Waals surface area contributed by atoms with Crippen LogP contribution < -0.4 is 5.32 Å². The van der Waals surface area contributed by atoms with E-state index in [2.05, 4.69) is 19.2 Å². The maximum Gasteiger partial charge on any atom is 0.334 e. The number of hydrogen-bond donors (Lipinski definition) is 1. The van der Waals surface area contributed by atoms with Crippen molar-refractivity contribution in [1.82, 2.24) is 25.1 Å². The minimum atomic E-state index is -0.799. The number of benzene rings is 2. The number of hydrazine groups is 1. The SMILES string of the molecule is CCCCC(CC)CN1C[C@H]2N(C(=O)CN(C)N2C(=O)NCc2ccc(F)cc2)[C@@H](c2ccccc2)C1=O. The smallest absolute Gasteiger partial charge is 0.334 e. The second-order valence-electron chi connectivity index (χ2n) is 10.2. The van der Waals surface area contributed by atoms with E-state index in [9.17, 15) is 18.8 Å². The van der Waals surface area contributed by atoms with Crippen LogP contribution in [-0.4, -0.2) is 70.5 Å². The first-order valence-corrected chi connectivity index (χ1v) is 13.5. The van der Waals surface area contributed by atoms with Crippen LogP contribution in [0.4, 0.5) is 9.18 Å². The van der Waals surface area contributed by atoms with Crippen molar-refractivity contribution >= 4 is 17.8 Å². The molecule has 2 saturated heterocycles. The average molecular weight is 524 g/mol. The van der Waals surface area contributed by atoms with Crippen molar-refractivity contribution < 1.29 is 18.8 Å². The summed E-state index contributed by atoms with van der Waals surface area (Å²) < 4.78 is 13.3. The highest BCUT2D eigenvalue weighted by Gasteiger charge is 2.51. The van der Waals surface area contributed by atoms with Crippen molar-refractivity contribution in [2.45, 2.75) is 58.3 Å². The van der Waals surface area contributed by atoms with Crippen molar-refractivity contribution in [3.05, 3.63) is 71.5 Å². The summed E-state index contributed by atoms with van der Waals surface area (Å²) in [5, 5.41) is 6.08. The first kappa shape index (κ1) is 27.6. The molecule has 2 aromatic rings. The molecule has 204 valence electrons. The number of hydrogen-bond acceptors (Lipinski definition) is 4. The molecule has 38 heavy (non-hydrogen) atoms. The van der Waals surface area contributed by atoms with Gasteiger partial charge in [-0.15, -0.1) is 0 Å². The number of carbonyl (C=O) groups excluding carboxylic acids is 3. The molecule has 2 heterocycles. The maximum atomic E-state index is 13.9. The Labute approximate surface area is 224 Å². The van der Waals surface area contributed by atoms with Crippen LogP contribution >= 0.6 is 0 Å². The van der Waals surface area contributed by atoms with Gasteiger partial charge in [0, 0.05) is 20.1 Å². The molecule has 8 nitrogen and oxygen atoms in total. The van der Waals surface area contributed by atoms with Crippen LogP contribution in [0.1, 0.15) is 56.7 Å². The number of halogens is 1. The molecule has 0 aromatic heterocycles. The molecule has 2 aliphatic heterocycles. The van der Waals surface area contributed by atoms with Gasteiger partial charge in [0.25, 0.3) is 0 Å². The summed E-state index contributed by atoms with van der Waals surface area (Å²) in [6, 6.07) is 14.1. The highest BCUT2D eigenvalue weighted by atomic mass is 19.1. The van der Waals surface area contributed by atoms with Crippen LogP contribution in [0.3, 0.4) is 0 Å². The molecule has 4 rings (SSSR count). The Morgan fingerprint density at radius 3 is 2.45 bits per heavy atom. The standard InChI is InChI=1S/C29H38FN5O3/c1-4-6-10-21(5-2)18-33-19-25-34(27(28(33)37)23-11-8-7-9-12-23)26(36)20-32(3)35(25)29(38)31-17-22-13-15-24(30)16-14-22/h7-9,11-16,21,25,27H,4-6,10,17-20H2,1-3H3,(H,31,38)/t21?,25-,27-/m0/s1. The lowest BCUT2D eigenvalue weighted by molar-refractivity contribution is -0.188. The number of unbranched alkanes of at least 4 members (excludes halogenated alkanes) is 1. The number of nitrogens with zero attached hydrogens (tertiary/aromatic N) is 4. The lowest BCUT2D eigenvalue weighted by Crippen LogP contribution is -2.74. The van der Waals surface area contributed by atoms with Gasteiger partial charge in [-0.1, -0.05) is 75.6 Å². The summed E-state index contributed by atoms with van der Waals surface area (Å²) in [5.74, 6) is -0.292. The van der Waals surface area contributed by atoms with E-state index in [4.69, 9.17) is 0 Å². The maximum absolute atomic E-state index is 13.9. The molecule has 4 amide bonds. The topological polar surface area (TPSA) is 76.2 Å². The molecule has 0 saturated carbocycles. The fraction of sp³-hybridized carbons (Fsp3) is 0.483. The van der Waals surface area contributed by atoms with Gasteiger partial charge in [0.1, 0.15) is 18.0 Å². The van der Waals surface area contributed by atoms with Gasteiger partial charge < -0.3 is 15.1 Å². The highest BCUT2D eigenvalue weighted by molar-refractivity contribution is 5.92. The van der Waals surface area contributed by atoms with Crippen LogP contribution in [0.15, 0.2) is 54.6 Å². The molecule has 9 heteroatoms. The van der Waals surface area contributed by atoms with Crippen LogP contribution in [-0.2, 0) is 16.1 Å². The number of likely N-dealkylation sites (N-methyl/N-ethyl adjacent to an activating group) is 1. The molecule has 3 atom stereocenters. The van der Waals surface area contributed by atoms with E-state index >= 15 is 0 Å². The van der Waals surface area contributed by atoms with Gasteiger partial charge in [-0.25, -0.2) is 19.2 Å². The molecule has 1 N–H and O–H groups in total. The van der Waals surface area contributed by atoms with E-state index in [0.29, 0.717) is 12.5 Å². The summed E-state index contributed by atoms with van der Waals surface area (Å²) in [6.45, 7) is 5.32. The monoisotopic (exact) mass is 523 g/mol. The van der Waals surface area contributed by atoms with Gasteiger partial charge >= 0.3 is 6.03 Å². The van der Waals surface area contributed by atoms with Gasteiger partial charge in [-0.05, 0) is 35.6 Å². The quantitative estimate of drug-likeness (QED) is 0.536. The Morgan fingerprint density at radius 2 is 1.79 bits per heavy atom. The molecular weight excluding hydrogens is 485 g/mol. The number of fused-ring (bicyclic) bond motifs is 1. The predicted molar refractivity (Wildman–Crippen MR) is 143 cm³/mol. The number of rotatable bonds is 9. The molecule has 0 aliphatic carbocycles. The second-order valence-corrected chi connectivity index (χ2v) is 10.2. The zero-order valence-corrected chi connectivity index (χ0v) is 22.5. The third-order valence-corrected chi connectivity index (χ3v) is 7.53. The fourth-order valence-electron chi connectivity index (χ4n) is 5.41. The van der Waals surface area contributed by atoms with Crippen molar-refractivity contribution in [2.75, 3.05) is 26.7 Å². The van der Waals surface area contributed by atoms with E-state index in [1.54, 1.807) is 34.1 Å². The van der Waals surface area contributed by atoms with Crippen LogP contribution in [0.2, 0.25) is 0 Å². The van der Waals surface area contributed by atoms with Gasteiger partial charge in [0.15, 0.2) is 0 Å². The van der Waals surface area contributed by atoms with Gasteiger partial charge in [-0.2, -0.15) is 0 Å². The minimum Gasteiger partial charge on any atom is -0.336 e. The van der Waals surface area contributed by atoms with Crippen molar-refractivity contribution in [3.63, 3.8) is 0 Å². The fourth-order valence-corrected chi connectivity index (χ4v) is 5.41. The van der Waals surface area contributed by atoms with Crippen LogP contribution in [0.25, 0.3) is 0 Å². The zero-order chi connectivity index (χ0) is 27.2. The Kier molecular flexibility index (Phi) is 8.99. The van der Waals surface area contributed by atoms with Gasteiger partial charge in [-0.3, -0.25) is 9.59 Å². The molecule has 0 radical (unpaired) electrons. The third kappa shape index (κ3) is 5.99. The molecular formula is C29H38FN5O3. The summed E-state index contributed by atoms with van der Waals surface area (Å²) in [4.78, 5) is 44.3. The van der Waals surface area contributed by atoms with Gasteiger partial charge in [0.2, 0.25) is 11.8 Å². The van der Waals surface area contributed by atoms with E-state index in [1.807, 2.05) is 35.2 Å². The highest BCUT2D eigenvalue weighted by Crippen LogP contribution is 2.35. The molecule has 1 unspecified atom stereocenters. The largest absolute Gasteiger partial charge is 0.336 e. The summed E-state index contributed by atoms with van der Waals surface area (Å²) in [6.07, 6.45) is 3.52. The van der Waals surface area contributed by atoms with Crippen LogP contribution in [0.5, 0.6) is 0 Å². The predicted octanol–water partition coefficient (Wildman–Crippen LogP) is 4.15. The van der Waals surface area contributed by atoms with Crippen LogP contribution in [0, 0.1) is 11.7 Å². The lowest BCUT2D eigenvalue weighted by Gasteiger charge is -2.54. The van der Waals surface area contributed by atoms with E-state index in [0.717, 1.165) is 36.8 Å². The first-order chi connectivity index (χ1) is 18.3. The zero-order valence-electron chi connectivity index (χ0n) is 22.5. The third-order valence-electron chi connectivity index (χ3n) is 7.53. The van der Waals surface area contributed by atoms with Gasteiger partial charge in [0.05, 0.1) is 13.1 Å². The molecule has 2 fully saturated rings. The Balaban J connectivity index is 1.63. The average Bonchev–Trinajstić information content (AvgIpc) is 2.91. The van der Waals surface area contributed by atoms with E-state index in [1.165, 1.54) is 12.1 Å². The number of nitrogens with one attached hydrogen (secondary N) is 1. The number of amides is 4. The van der Waals surface area contributed by atoms with E-state index < -0.39 is 12.2 Å². The Hall–Kier alpha value is -3.46. The molecule has 0 bridgehead atoms. The summed E-state index contributed by atoms with van der Waals surface area (Å²) in [7, 11) is 1.71. The first-order valence-electron chi connectivity index (χ1n) is 13.5.